The fraction of sp³-hybridized carbons (Fsp3) is 0.882. The summed E-state index contributed by atoms with van der Waals surface area (Å²) in [5.74, 6) is 3.03. The number of nitrogens with zero attached hydrogens (tertiary/aromatic N) is 2. The average Bonchev–Trinajstić information content (AvgIpc) is 2.87. The van der Waals surface area contributed by atoms with Crippen molar-refractivity contribution < 1.29 is 4.52 Å². The van der Waals surface area contributed by atoms with Gasteiger partial charge in [0.1, 0.15) is 0 Å². The summed E-state index contributed by atoms with van der Waals surface area (Å²) in [4.78, 5) is 4.82. The van der Waals surface area contributed by atoms with Crippen molar-refractivity contribution in [2.75, 3.05) is 6.54 Å². The van der Waals surface area contributed by atoms with Crippen molar-refractivity contribution in [2.24, 2.45) is 11.7 Å². The Balaban J connectivity index is 1.79. The summed E-state index contributed by atoms with van der Waals surface area (Å²) in [6.45, 7) is 2.97. The largest absolute Gasteiger partial charge is 0.339 e. The van der Waals surface area contributed by atoms with Crippen molar-refractivity contribution in [1.82, 2.24) is 10.1 Å². The van der Waals surface area contributed by atoms with E-state index in [4.69, 9.17) is 15.2 Å². The summed E-state index contributed by atoms with van der Waals surface area (Å²) < 4.78 is 5.70. The molecule has 2 aliphatic carbocycles. The molecule has 1 heterocycles. The van der Waals surface area contributed by atoms with E-state index < -0.39 is 0 Å². The molecule has 0 bridgehead atoms. The number of nitrogens with two attached hydrogens (primary N) is 1. The maximum atomic E-state index is 6.12. The molecule has 0 radical (unpaired) electrons. The lowest BCUT2D eigenvalue weighted by molar-refractivity contribution is 0.254. The number of rotatable bonds is 3. The average molecular weight is 291 g/mol. The lowest BCUT2D eigenvalue weighted by atomic mass is 9.80. The van der Waals surface area contributed by atoms with E-state index in [-0.39, 0.29) is 5.41 Å². The first-order valence-electron chi connectivity index (χ1n) is 8.78. The van der Waals surface area contributed by atoms with Crippen LogP contribution in [0.2, 0.25) is 0 Å². The van der Waals surface area contributed by atoms with E-state index >= 15 is 0 Å². The van der Waals surface area contributed by atoms with Crippen LogP contribution in [-0.4, -0.2) is 16.7 Å². The second kappa shape index (κ2) is 6.47. The molecule has 0 aliphatic heterocycles. The second-order valence-electron chi connectivity index (χ2n) is 7.33. The molecule has 2 atom stereocenters. The van der Waals surface area contributed by atoms with Crippen LogP contribution in [0, 0.1) is 5.92 Å². The number of hydrogen-bond acceptors (Lipinski definition) is 4. The highest BCUT2D eigenvalue weighted by molar-refractivity contribution is 5.09. The Hall–Kier alpha value is -0.900. The maximum Gasteiger partial charge on any atom is 0.234 e. The van der Waals surface area contributed by atoms with E-state index in [1.165, 1.54) is 51.4 Å². The molecule has 1 aromatic rings. The van der Waals surface area contributed by atoms with E-state index in [1.54, 1.807) is 0 Å². The van der Waals surface area contributed by atoms with Gasteiger partial charge >= 0.3 is 0 Å². The van der Waals surface area contributed by atoms with Gasteiger partial charge in [-0.05, 0) is 31.6 Å². The third kappa shape index (κ3) is 3.15. The predicted octanol–water partition coefficient (Wildman–Crippen LogP) is 3.91. The molecule has 2 fully saturated rings. The van der Waals surface area contributed by atoms with Crippen LogP contribution in [0.15, 0.2) is 4.52 Å². The van der Waals surface area contributed by atoms with Crippen LogP contribution in [0.3, 0.4) is 0 Å². The summed E-state index contributed by atoms with van der Waals surface area (Å²) in [7, 11) is 0. The monoisotopic (exact) mass is 291 g/mol. The third-order valence-electron chi connectivity index (χ3n) is 5.65. The van der Waals surface area contributed by atoms with Crippen LogP contribution in [0.1, 0.15) is 88.8 Å². The van der Waals surface area contributed by atoms with E-state index in [1.807, 2.05) is 0 Å². The van der Waals surface area contributed by atoms with Gasteiger partial charge < -0.3 is 10.3 Å². The molecule has 4 heteroatoms. The Bertz CT molecular complexity index is 449. The normalized spacial score (nSPS) is 30.0. The van der Waals surface area contributed by atoms with Crippen LogP contribution in [0.25, 0.3) is 0 Å². The molecular formula is C17H29N3O. The first kappa shape index (κ1) is 15.0. The Morgan fingerprint density at radius 1 is 1.14 bits per heavy atom. The summed E-state index contributed by atoms with van der Waals surface area (Å²) in [5, 5.41) is 4.33. The molecule has 118 valence electrons. The molecule has 4 nitrogen and oxygen atoms in total. The minimum Gasteiger partial charge on any atom is -0.339 e. The van der Waals surface area contributed by atoms with Crippen molar-refractivity contribution >= 4 is 0 Å². The Morgan fingerprint density at radius 3 is 2.57 bits per heavy atom. The molecule has 2 unspecified atom stereocenters. The topological polar surface area (TPSA) is 64.9 Å². The summed E-state index contributed by atoms with van der Waals surface area (Å²) in [6.07, 6.45) is 12.3. The smallest absolute Gasteiger partial charge is 0.234 e. The zero-order valence-electron chi connectivity index (χ0n) is 13.3. The zero-order chi connectivity index (χ0) is 14.7. The fourth-order valence-corrected chi connectivity index (χ4v) is 4.20. The summed E-state index contributed by atoms with van der Waals surface area (Å²) >= 11 is 0. The highest BCUT2D eigenvalue weighted by Crippen LogP contribution is 2.39. The Morgan fingerprint density at radius 2 is 1.90 bits per heavy atom. The maximum absolute atomic E-state index is 6.12. The van der Waals surface area contributed by atoms with Gasteiger partial charge in [0.05, 0.1) is 5.41 Å². The molecule has 0 saturated heterocycles. The van der Waals surface area contributed by atoms with Crippen molar-refractivity contribution in [3.05, 3.63) is 11.7 Å². The van der Waals surface area contributed by atoms with Gasteiger partial charge in [0.25, 0.3) is 0 Å². The van der Waals surface area contributed by atoms with Crippen molar-refractivity contribution in [3.8, 4) is 0 Å². The number of aromatic nitrogens is 2. The van der Waals surface area contributed by atoms with E-state index in [0.717, 1.165) is 30.5 Å². The molecule has 1 aromatic heterocycles. The molecule has 3 rings (SSSR count). The molecular weight excluding hydrogens is 262 g/mol. The van der Waals surface area contributed by atoms with Gasteiger partial charge in [-0.3, -0.25) is 0 Å². The second-order valence-corrected chi connectivity index (χ2v) is 7.33. The zero-order valence-corrected chi connectivity index (χ0v) is 13.3. The molecule has 0 spiro atoms. The molecule has 2 saturated carbocycles. The minimum atomic E-state index is -0.0535. The van der Waals surface area contributed by atoms with Crippen LogP contribution in [0.5, 0.6) is 0 Å². The molecule has 0 aromatic carbocycles. The van der Waals surface area contributed by atoms with E-state index in [0.29, 0.717) is 12.5 Å². The standard InChI is InChI=1S/C17H29N3O/c1-13-7-6-8-14(11-13)15-19-16(21-20-15)17(12-18)9-4-2-3-5-10-17/h13-14H,2-12,18H2,1H3. The predicted molar refractivity (Wildman–Crippen MR) is 83.1 cm³/mol. The molecule has 2 aliphatic rings. The van der Waals surface area contributed by atoms with Gasteiger partial charge in [0.15, 0.2) is 5.82 Å². The van der Waals surface area contributed by atoms with Gasteiger partial charge in [-0.25, -0.2) is 0 Å². The SMILES string of the molecule is CC1CCCC(c2noc(C3(CN)CCCCCC3)n2)C1. The van der Waals surface area contributed by atoms with Gasteiger partial charge in [0, 0.05) is 12.5 Å². The van der Waals surface area contributed by atoms with E-state index in [2.05, 4.69) is 12.1 Å². The first-order valence-corrected chi connectivity index (χ1v) is 8.78. The third-order valence-corrected chi connectivity index (χ3v) is 5.65. The summed E-state index contributed by atoms with van der Waals surface area (Å²) in [6, 6.07) is 0. The van der Waals surface area contributed by atoms with Crippen LogP contribution in [-0.2, 0) is 5.41 Å². The molecule has 2 N–H and O–H groups in total. The van der Waals surface area contributed by atoms with Gasteiger partial charge in [-0.1, -0.05) is 50.6 Å². The fourth-order valence-electron chi connectivity index (χ4n) is 4.20. The van der Waals surface area contributed by atoms with Gasteiger partial charge in [-0.15, -0.1) is 0 Å². The van der Waals surface area contributed by atoms with Crippen LogP contribution < -0.4 is 5.73 Å². The molecule has 0 amide bonds. The molecule has 21 heavy (non-hydrogen) atoms. The van der Waals surface area contributed by atoms with Crippen molar-refractivity contribution in [3.63, 3.8) is 0 Å². The first-order chi connectivity index (χ1) is 10.2. The van der Waals surface area contributed by atoms with Crippen molar-refractivity contribution in [1.29, 1.82) is 0 Å². The van der Waals surface area contributed by atoms with Crippen molar-refractivity contribution in [2.45, 2.75) is 82.5 Å². The number of hydrogen-bond donors (Lipinski definition) is 1. The highest BCUT2D eigenvalue weighted by Gasteiger charge is 2.38. The summed E-state index contributed by atoms with van der Waals surface area (Å²) in [5.41, 5.74) is 6.07. The minimum absolute atomic E-state index is 0.0535. The quantitative estimate of drug-likeness (QED) is 0.857. The van der Waals surface area contributed by atoms with Crippen LogP contribution >= 0.6 is 0 Å². The van der Waals surface area contributed by atoms with Crippen LogP contribution in [0.4, 0.5) is 0 Å². The van der Waals surface area contributed by atoms with Gasteiger partial charge in [0.2, 0.25) is 5.89 Å². The van der Waals surface area contributed by atoms with E-state index in [9.17, 15) is 0 Å². The highest BCUT2D eigenvalue weighted by atomic mass is 16.5. The Kier molecular flexibility index (Phi) is 4.63. The lowest BCUT2D eigenvalue weighted by Crippen LogP contribution is -2.35. The Labute approximate surface area is 127 Å². The lowest BCUT2D eigenvalue weighted by Gasteiger charge is -2.27. The van der Waals surface area contributed by atoms with Gasteiger partial charge in [-0.2, -0.15) is 4.98 Å².